The van der Waals surface area contributed by atoms with Gasteiger partial charge >= 0.3 is 0 Å². The van der Waals surface area contributed by atoms with Gasteiger partial charge in [0.2, 0.25) is 5.91 Å². The van der Waals surface area contributed by atoms with Gasteiger partial charge < -0.3 is 9.47 Å². The third-order valence-electron chi connectivity index (χ3n) is 9.99. The van der Waals surface area contributed by atoms with Crippen LogP contribution in [-0.4, -0.2) is 42.6 Å². The Bertz CT molecular complexity index is 1520. The van der Waals surface area contributed by atoms with Crippen molar-refractivity contribution in [3.8, 4) is 0 Å². The second-order valence-corrected chi connectivity index (χ2v) is 13.3. The molecule has 0 spiro atoms. The fraction of sp³-hybridized carbons (Fsp3) is 0.447. The van der Waals surface area contributed by atoms with E-state index in [-0.39, 0.29) is 30.1 Å². The third kappa shape index (κ3) is 6.23. The van der Waals surface area contributed by atoms with Gasteiger partial charge in [-0.3, -0.25) is 9.69 Å². The highest BCUT2D eigenvalue weighted by Crippen LogP contribution is 2.44. The van der Waals surface area contributed by atoms with E-state index >= 15 is 0 Å². The van der Waals surface area contributed by atoms with Crippen molar-refractivity contribution < 1.29 is 4.79 Å². The van der Waals surface area contributed by atoms with Crippen molar-refractivity contribution >= 4 is 5.91 Å². The van der Waals surface area contributed by atoms with Crippen molar-refractivity contribution in [2.24, 2.45) is 0 Å². The number of hydrogen-bond donors (Lipinski definition) is 0. The van der Waals surface area contributed by atoms with Gasteiger partial charge in [-0.2, -0.15) is 0 Å². The number of piperidine rings is 1. The smallest absolute Gasteiger partial charge is 0.224 e. The van der Waals surface area contributed by atoms with Crippen LogP contribution < -0.4 is 0 Å². The van der Waals surface area contributed by atoms with Gasteiger partial charge in [-0.1, -0.05) is 104 Å². The molecule has 3 heterocycles. The summed E-state index contributed by atoms with van der Waals surface area (Å²) in [5, 5.41) is 8.96. The zero-order valence-corrected chi connectivity index (χ0v) is 26.9. The topological polar surface area (TPSA) is 54.3 Å². The molecule has 0 N–H and O–H groups in total. The highest BCUT2D eigenvalue weighted by molar-refractivity contribution is 5.78. The zero-order chi connectivity index (χ0) is 30.8. The largest absolute Gasteiger partial charge is 0.337 e. The van der Waals surface area contributed by atoms with Gasteiger partial charge in [-0.25, -0.2) is 0 Å². The number of aromatic nitrogens is 3. The molecule has 6 nitrogen and oxygen atoms in total. The summed E-state index contributed by atoms with van der Waals surface area (Å²) in [6, 6.07) is 31.2. The fourth-order valence-corrected chi connectivity index (χ4v) is 7.72. The van der Waals surface area contributed by atoms with Crippen LogP contribution in [0.3, 0.4) is 0 Å². The Kier molecular flexibility index (Phi) is 8.99. The van der Waals surface area contributed by atoms with Gasteiger partial charge in [0.25, 0.3) is 0 Å². The van der Waals surface area contributed by atoms with Crippen LogP contribution in [0.2, 0.25) is 0 Å². The molecule has 3 aromatic carbocycles. The van der Waals surface area contributed by atoms with Crippen LogP contribution in [0.25, 0.3) is 0 Å². The first-order valence-electron chi connectivity index (χ1n) is 16.4. The highest BCUT2D eigenvalue weighted by atomic mass is 16.2. The summed E-state index contributed by atoms with van der Waals surface area (Å²) in [5.41, 5.74) is 4.95. The summed E-state index contributed by atoms with van der Waals surface area (Å²) in [6.45, 7) is 11.6. The first kappa shape index (κ1) is 30.3. The van der Waals surface area contributed by atoms with Crippen molar-refractivity contribution in [3.63, 3.8) is 0 Å². The summed E-state index contributed by atoms with van der Waals surface area (Å²) in [6.07, 6.45) is 4.57. The van der Waals surface area contributed by atoms with E-state index in [1.54, 1.807) is 0 Å². The number of nitrogens with zero attached hydrogens (tertiary/aromatic N) is 5. The van der Waals surface area contributed by atoms with Crippen molar-refractivity contribution in [3.05, 3.63) is 119 Å². The second kappa shape index (κ2) is 13.1. The molecule has 230 valence electrons. The Morgan fingerprint density at radius 1 is 0.795 bits per heavy atom. The number of amides is 1. The monoisotopic (exact) mass is 589 g/mol. The average Bonchev–Trinajstić information content (AvgIpc) is 3.56. The van der Waals surface area contributed by atoms with E-state index in [0.29, 0.717) is 18.4 Å². The molecule has 2 bridgehead atoms. The fourth-order valence-electron chi connectivity index (χ4n) is 7.72. The van der Waals surface area contributed by atoms with Crippen LogP contribution >= 0.6 is 0 Å². The molecule has 6 rings (SSSR count). The normalized spacial score (nSPS) is 21.2. The van der Waals surface area contributed by atoms with E-state index in [1.165, 1.54) is 22.3 Å². The van der Waals surface area contributed by atoms with E-state index in [0.717, 1.165) is 43.9 Å². The van der Waals surface area contributed by atoms with Gasteiger partial charge in [-0.15, -0.1) is 10.2 Å². The van der Waals surface area contributed by atoms with Crippen molar-refractivity contribution in [1.29, 1.82) is 0 Å². The molecule has 2 aliphatic rings. The number of carbonyl (C=O) groups is 1. The minimum absolute atomic E-state index is 0.0525. The first-order valence-corrected chi connectivity index (χ1v) is 16.4. The molecule has 1 aromatic heterocycles. The molecule has 4 atom stereocenters. The molecule has 1 amide bonds. The molecule has 0 aliphatic carbocycles. The lowest BCUT2D eigenvalue weighted by atomic mass is 9.93. The van der Waals surface area contributed by atoms with Gasteiger partial charge in [0.15, 0.2) is 0 Å². The SMILES string of the molecule is Cc1ccc([C@H](CC(=O)N2C3CCC2CC(n2c(C)nnc2C(C)C)C3)N(Cc2ccccc2)[C@H](C)c2ccccc2)cc1. The van der Waals surface area contributed by atoms with Crippen molar-refractivity contribution in [2.45, 2.75) is 109 Å². The molecule has 4 aromatic rings. The van der Waals surface area contributed by atoms with E-state index in [2.05, 4.69) is 144 Å². The van der Waals surface area contributed by atoms with E-state index in [1.807, 2.05) is 0 Å². The quantitative estimate of drug-likeness (QED) is 0.188. The summed E-state index contributed by atoms with van der Waals surface area (Å²) in [4.78, 5) is 19.3. The zero-order valence-electron chi connectivity index (χ0n) is 26.9. The Labute approximate surface area is 263 Å². The molecule has 2 unspecified atom stereocenters. The van der Waals surface area contributed by atoms with Crippen LogP contribution in [0.5, 0.6) is 0 Å². The Morgan fingerprint density at radius 2 is 1.41 bits per heavy atom. The van der Waals surface area contributed by atoms with E-state index in [4.69, 9.17) is 0 Å². The van der Waals surface area contributed by atoms with Crippen LogP contribution in [0.4, 0.5) is 0 Å². The van der Waals surface area contributed by atoms with Gasteiger partial charge in [0.1, 0.15) is 11.6 Å². The van der Waals surface area contributed by atoms with E-state index in [9.17, 15) is 4.79 Å². The summed E-state index contributed by atoms with van der Waals surface area (Å²) in [5.74, 6) is 2.66. The lowest BCUT2D eigenvalue weighted by Crippen LogP contribution is -2.48. The molecule has 44 heavy (non-hydrogen) atoms. The van der Waals surface area contributed by atoms with Gasteiger partial charge in [-0.05, 0) is 63.1 Å². The Balaban J connectivity index is 1.30. The van der Waals surface area contributed by atoms with Crippen LogP contribution in [0.1, 0.15) is 111 Å². The molecule has 2 saturated heterocycles. The lowest BCUT2D eigenvalue weighted by Gasteiger charge is -2.42. The van der Waals surface area contributed by atoms with Crippen molar-refractivity contribution in [1.82, 2.24) is 24.6 Å². The predicted octanol–water partition coefficient (Wildman–Crippen LogP) is 8.11. The average molecular weight is 590 g/mol. The number of carbonyl (C=O) groups excluding carboxylic acids is 1. The van der Waals surface area contributed by atoms with Crippen LogP contribution in [0, 0.1) is 13.8 Å². The molecular weight excluding hydrogens is 542 g/mol. The summed E-state index contributed by atoms with van der Waals surface area (Å²) >= 11 is 0. The predicted molar refractivity (Wildman–Crippen MR) is 176 cm³/mol. The molecule has 2 fully saturated rings. The van der Waals surface area contributed by atoms with Crippen molar-refractivity contribution in [2.75, 3.05) is 0 Å². The second-order valence-electron chi connectivity index (χ2n) is 13.3. The highest BCUT2D eigenvalue weighted by Gasteiger charge is 2.45. The maximum atomic E-state index is 14.5. The first-order chi connectivity index (χ1) is 21.3. The van der Waals surface area contributed by atoms with E-state index < -0.39 is 0 Å². The maximum Gasteiger partial charge on any atom is 0.224 e. The number of benzene rings is 3. The standard InChI is InChI=1S/C38H47N5O/c1-26(2)38-40-39-29(5)42(38)35-22-33-20-21-34(23-35)43(33)37(44)24-36(32-18-16-27(3)17-19-32)41(25-30-12-8-6-9-13-30)28(4)31-14-10-7-11-15-31/h6-19,26,28,33-36H,20-25H2,1-5H3/t28-,33?,34?,35?,36+/m1/s1. The van der Waals surface area contributed by atoms with Gasteiger partial charge in [0.05, 0.1) is 0 Å². The maximum absolute atomic E-state index is 14.5. The molecule has 0 saturated carbocycles. The summed E-state index contributed by atoms with van der Waals surface area (Å²) < 4.78 is 2.37. The lowest BCUT2D eigenvalue weighted by molar-refractivity contribution is -0.138. The molecule has 6 heteroatoms. The molecular formula is C38H47N5O. The third-order valence-corrected chi connectivity index (χ3v) is 9.99. The number of fused-ring (bicyclic) bond motifs is 2. The minimum atomic E-state index is -0.0525. The summed E-state index contributed by atoms with van der Waals surface area (Å²) in [7, 11) is 0. The molecule has 2 aliphatic heterocycles. The number of rotatable bonds is 10. The van der Waals surface area contributed by atoms with Crippen LogP contribution in [0.15, 0.2) is 84.9 Å². The van der Waals surface area contributed by atoms with Crippen LogP contribution in [-0.2, 0) is 11.3 Å². The number of hydrogen-bond acceptors (Lipinski definition) is 4. The Hall–Kier alpha value is -3.77. The minimum Gasteiger partial charge on any atom is -0.337 e. The Morgan fingerprint density at radius 3 is 2.02 bits per heavy atom. The van der Waals surface area contributed by atoms with Gasteiger partial charge in [0, 0.05) is 49.1 Å². The molecule has 0 radical (unpaired) electrons. The number of aryl methyl sites for hydroxylation is 2.